The number of rotatable bonds is 7. The SMILES string of the molecule is CSNC(=O)c1ccc2c(c1)N(C)C(=O)[C@@H](NC(=O)C(N)=CC(=O)Cc1ccccc1)CO2.O.O. The maximum absolute atomic E-state index is 12.9. The number of fused-ring (bicyclic) bond motifs is 1. The number of carbonyl (C=O) groups is 4. The minimum Gasteiger partial charge on any atom is -0.489 e. The van der Waals surface area contributed by atoms with Gasteiger partial charge in [0.25, 0.3) is 17.7 Å². The van der Waals surface area contributed by atoms with Gasteiger partial charge in [-0.25, -0.2) is 0 Å². The summed E-state index contributed by atoms with van der Waals surface area (Å²) in [4.78, 5) is 51.1. The summed E-state index contributed by atoms with van der Waals surface area (Å²) < 4.78 is 8.31. The van der Waals surface area contributed by atoms with Crippen molar-refractivity contribution >= 4 is 41.1 Å². The number of ketones is 1. The Balaban J connectivity index is 0.00000306. The second-order valence-corrected chi connectivity index (χ2v) is 7.89. The molecule has 12 heteroatoms. The fourth-order valence-corrected chi connectivity index (χ4v) is 3.53. The molecule has 1 atom stereocenters. The molecule has 3 rings (SSSR count). The Kier molecular flexibility index (Phi) is 10.9. The van der Waals surface area contributed by atoms with Crippen molar-refractivity contribution in [3.63, 3.8) is 0 Å². The lowest BCUT2D eigenvalue weighted by molar-refractivity contribution is -0.126. The fourth-order valence-electron chi connectivity index (χ4n) is 3.22. The third kappa shape index (κ3) is 7.30. The van der Waals surface area contributed by atoms with Crippen LogP contribution in [0.2, 0.25) is 0 Å². The molecule has 0 saturated heterocycles. The van der Waals surface area contributed by atoms with Crippen LogP contribution in [0.5, 0.6) is 5.75 Å². The van der Waals surface area contributed by atoms with Crippen LogP contribution in [0.25, 0.3) is 0 Å². The second kappa shape index (κ2) is 13.1. The maximum Gasteiger partial charge on any atom is 0.268 e. The Labute approximate surface area is 206 Å². The van der Waals surface area contributed by atoms with Crippen LogP contribution < -0.4 is 25.4 Å². The first-order chi connectivity index (χ1) is 15.8. The number of likely N-dealkylation sites (N-methyl/N-ethyl adjacent to an activating group) is 1. The molecule has 0 spiro atoms. The van der Waals surface area contributed by atoms with Gasteiger partial charge in [0.1, 0.15) is 24.1 Å². The van der Waals surface area contributed by atoms with Crippen LogP contribution in [0.3, 0.4) is 0 Å². The summed E-state index contributed by atoms with van der Waals surface area (Å²) in [6.07, 6.45) is 2.88. The van der Waals surface area contributed by atoms with E-state index in [2.05, 4.69) is 10.0 Å². The summed E-state index contributed by atoms with van der Waals surface area (Å²) in [6.45, 7) is -0.135. The molecule has 0 aliphatic carbocycles. The average molecular weight is 505 g/mol. The molecule has 0 radical (unpaired) electrons. The van der Waals surface area contributed by atoms with E-state index in [4.69, 9.17) is 10.5 Å². The molecule has 1 heterocycles. The number of nitrogens with zero attached hydrogens (tertiary/aromatic N) is 1. The van der Waals surface area contributed by atoms with Gasteiger partial charge < -0.3 is 31.6 Å². The van der Waals surface area contributed by atoms with Gasteiger partial charge in [-0.3, -0.25) is 23.9 Å². The molecule has 1 aliphatic rings. The zero-order chi connectivity index (χ0) is 24.0. The molecule has 0 bridgehead atoms. The van der Waals surface area contributed by atoms with Crippen molar-refractivity contribution in [1.29, 1.82) is 0 Å². The first-order valence-electron chi connectivity index (χ1n) is 10.0. The number of anilines is 1. The van der Waals surface area contributed by atoms with Crippen molar-refractivity contribution in [2.45, 2.75) is 12.5 Å². The van der Waals surface area contributed by atoms with Gasteiger partial charge in [0.2, 0.25) is 0 Å². The van der Waals surface area contributed by atoms with Crippen LogP contribution in [-0.2, 0) is 20.8 Å². The minimum absolute atomic E-state index is 0. The molecule has 0 aromatic heterocycles. The molecule has 3 amide bonds. The highest BCUT2D eigenvalue weighted by molar-refractivity contribution is 7.97. The summed E-state index contributed by atoms with van der Waals surface area (Å²) >= 11 is 1.16. The first-order valence-corrected chi connectivity index (χ1v) is 11.2. The summed E-state index contributed by atoms with van der Waals surface area (Å²) in [7, 11) is 1.52. The van der Waals surface area contributed by atoms with Crippen molar-refractivity contribution in [3.05, 3.63) is 71.4 Å². The van der Waals surface area contributed by atoms with E-state index in [1.54, 1.807) is 36.6 Å². The largest absolute Gasteiger partial charge is 0.489 e. The van der Waals surface area contributed by atoms with E-state index in [1.807, 2.05) is 18.2 Å². The van der Waals surface area contributed by atoms with Crippen LogP contribution >= 0.6 is 11.9 Å². The highest BCUT2D eigenvalue weighted by Crippen LogP contribution is 2.31. The molecule has 188 valence electrons. The van der Waals surface area contributed by atoms with Crippen molar-refractivity contribution in [2.75, 3.05) is 24.8 Å². The topological polar surface area (TPSA) is 194 Å². The van der Waals surface area contributed by atoms with Crippen molar-refractivity contribution in [1.82, 2.24) is 10.0 Å². The molecule has 0 saturated carbocycles. The van der Waals surface area contributed by atoms with Crippen LogP contribution in [0.15, 0.2) is 60.3 Å². The summed E-state index contributed by atoms with van der Waals surface area (Å²) in [5.74, 6) is -1.45. The highest BCUT2D eigenvalue weighted by atomic mass is 32.2. The number of amides is 3. The van der Waals surface area contributed by atoms with Crippen LogP contribution in [-0.4, -0.2) is 60.4 Å². The number of ether oxygens (including phenoxy) is 1. The number of benzene rings is 2. The molecule has 11 nitrogen and oxygen atoms in total. The molecule has 35 heavy (non-hydrogen) atoms. The first kappa shape index (κ1) is 29.2. The number of nitrogens with two attached hydrogens (primary N) is 1. The maximum atomic E-state index is 12.9. The van der Waals surface area contributed by atoms with E-state index < -0.39 is 17.9 Å². The summed E-state index contributed by atoms with van der Waals surface area (Å²) in [6, 6.07) is 12.7. The van der Waals surface area contributed by atoms with Gasteiger partial charge in [-0.1, -0.05) is 42.3 Å². The van der Waals surface area contributed by atoms with E-state index in [-0.39, 0.29) is 41.4 Å². The predicted molar refractivity (Wildman–Crippen MR) is 133 cm³/mol. The van der Waals surface area contributed by atoms with E-state index in [1.165, 1.54) is 11.9 Å². The van der Waals surface area contributed by atoms with E-state index in [0.29, 0.717) is 17.0 Å². The van der Waals surface area contributed by atoms with E-state index in [0.717, 1.165) is 23.6 Å². The Morgan fingerprint density at radius 2 is 1.86 bits per heavy atom. The Morgan fingerprint density at radius 1 is 1.17 bits per heavy atom. The number of hydrogen-bond donors (Lipinski definition) is 3. The molecule has 0 fully saturated rings. The van der Waals surface area contributed by atoms with Gasteiger partial charge in [0.15, 0.2) is 5.78 Å². The summed E-state index contributed by atoms with van der Waals surface area (Å²) in [5.41, 5.74) is 7.04. The minimum atomic E-state index is -1.03. The number of nitrogens with one attached hydrogen (secondary N) is 2. The van der Waals surface area contributed by atoms with Gasteiger partial charge in [-0.15, -0.1) is 0 Å². The Hall–Kier alpha value is -3.87. The van der Waals surface area contributed by atoms with E-state index in [9.17, 15) is 19.2 Å². The van der Waals surface area contributed by atoms with Crippen molar-refractivity contribution in [3.8, 4) is 5.75 Å². The lowest BCUT2D eigenvalue weighted by Crippen LogP contribution is -2.50. The van der Waals surface area contributed by atoms with Crippen molar-refractivity contribution in [2.24, 2.45) is 5.73 Å². The molecule has 8 N–H and O–H groups in total. The van der Waals surface area contributed by atoms with Gasteiger partial charge >= 0.3 is 0 Å². The highest BCUT2D eigenvalue weighted by Gasteiger charge is 2.31. The Bertz CT molecular complexity index is 1110. The van der Waals surface area contributed by atoms with Crippen LogP contribution in [0.4, 0.5) is 5.69 Å². The third-order valence-corrected chi connectivity index (χ3v) is 5.31. The second-order valence-electron chi connectivity index (χ2n) is 7.28. The smallest absolute Gasteiger partial charge is 0.268 e. The van der Waals surface area contributed by atoms with Crippen LogP contribution in [0.1, 0.15) is 15.9 Å². The number of hydrogen-bond acceptors (Lipinski definition) is 7. The molecule has 2 aromatic carbocycles. The number of allylic oxidation sites excluding steroid dienone is 1. The van der Waals surface area contributed by atoms with Crippen molar-refractivity contribution < 1.29 is 34.9 Å². The lowest BCUT2D eigenvalue weighted by atomic mass is 10.1. The monoisotopic (exact) mass is 504 g/mol. The standard InChI is InChI=1S/C23H24N4O5S.2H2O/c1-27-19-11-15(21(29)26-33-2)8-9-20(19)32-13-18(23(27)31)25-22(30)17(24)12-16(28)10-14-6-4-3-5-7-14;;/h3-9,11-12,18H,10,13,24H2,1-2H3,(H,25,30)(H,26,29);2*1H2/t18-;;/m0../s1. The Morgan fingerprint density at radius 3 is 2.51 bits per heavy atom. The average Bonchev–Trinajstić information content (AvgIpc) is 2.91. The van der Waals surface area contributed by atoms with Gasteiger partial charge in [-0.05, 0) is 23.8 Å². The number of carbonyl (C=O) groups excluding carboxylic acids is 4. The lowest BCUT2D eigenvalue weighted by Gasteiger charge is -2.20. The molecule has 1 aliphatic heterocycles. The third-order valence-electron chi connectivity index (χ3n) is 4.92. The van der Waals surface area contributed by atoms with Gasteiger partial charge in [0.05, 0.1) is 5.69 Å². The summed E-state index contributed by atoms with van der Waals surface area (Å²) in [5, 5.41) is 2.52. The molecule has 2 aromatic rings. The van der Waals surface area contributed by atoms with Gasteiger partial charge in [-0.2, -0.15) is 0 Å². The van der Waals surface area contributed by atoms with Gasteiger partial charge in [0, 0.05) is 31.4 Å². The quantitative estimate of drug-likeness (QED) is 0.335. The fraction of sp³-hybridized carbons (Fsp3) is 0.217. The zero-order valence-corrected chi connectivity index (χ0v) is 20.0. The molecule has 0 unspecified atom stereocenters. The normalized spacial score (nSPS) is 14.8. The van der Waals surface area contributed by atoms with E-state index >= 15 is 0 Å². The van der Waals surface area contributed by atoms with Crippen LogP contribution in [0, 0.1) is 0 Å². The zero-order valence-electron chi connectivity index (χ0n) is 19.2. The predicted octanol–water partition coefficient (Wildman–Crippen LogP) is -0.461. The molecular weight excluding hydrogens is 476 g/mol. The molecular formula is C23H28N4O7S.